The molecular weight excluding hydrogens is 367 g/mol. The molecular formula is C20H17FN2O3S. The average Bonchev–Trinajstić information content (AvgIpc) is 3.16. The summed E-state index contributed by atoms with van der Waals surface area (Å²) in [6, 6.07) is 11.6. The normalized spacial score (nSPS) is 13.9. The summed E-state index contributed by atoms with van der Waals surface area (Å²) < 4.78 is 24.1. The van der Waals surface area contributed by atoms with Crippen LogP contribution in [-0.2, 0) is 4.79 Å². The fourth-order valence-corrected chi connectivity index (χ4v) is 3.50. The fourth-order valence-electron chi connectivity index (χ4n) is 2.78. The summed E-state index contributed by atoms with van der Waals surface area (Å²) in [5.41, 5.74) is 2.34. The molecule has 3 aromatic rings. The van der Waals surface area contributed by atoms with Crippen LogP contribution < -0.4 is 14.8 Å². The number of hydrogen-bond donors (Lipinski definition) is 1. The third-order valence-electron chi connectivity index (χ3n) is 4.33. The number of rotatable bonds is 4. The lowest BCUT2D eigenvalue weighted by atomic mass is 10.00. The lowest BCUT2D eigenvalue weighted by molar-refractivity contribution is -0.117. The van der Waals surface area contributed by atoms with Crippen molar-refractivity contribution < 1.29 is 18.7 Å². The zero-order valence-electron chi connectivity index (χ0n) is 14.6. The van der Waals surface area contributed by atoms with Crippen molar-refractivity contribution in [3.8, 4) is 22.8 Å². The van der Waals surface area contributed by atoms with Gasteiger partial charge in [0.25, 0.3) is 0 Å². The molecule has 5 nitrogen and oxygen atoms in total. The Morgan fingerprint density at radius 3 is 2.67 bits per heavy atom. The molecule has 0 saturated heterocycles. The van der Waals surface area contributed by atoms with Gasteiger partial charge in [-0.15, -0.1) is 11.3 Å². The highest BCUT2D eigenvalue weighted by atomic mass is 32.1. The maximum Gasteiger partial charge on any atom is 0.233 e. The molecule has 1 unspecified atom stereocenters. The molecule has 27 heavy (non-hydrogen) atoms. The Labute approximate surface area is 159 Å². The van der Waals surface area contributed by atoms with Crippen LogP contribution in [-0.4, -0.2) is 24.1 Å². The number of ether oxygens (including phenoxy) is 2. The summed E-state index contributed by atoms with van der Waals surface area (Å²) in [5.74, 6) is 0.522. The molecule has 0 radical (unpaired) electrons. The quantitative estimate of drug-likeness (QED) is 0.721. The molecule has 0 bridgehead atoms. The van der Waals surface area contributed by atoms with E-state index in [1.54, 1.807) is 12.1 Å². The van der Waals surface area contributed by atoms with E-state index in [9.17, 15) is 9.18 Å². The Bertz CT molecular complexity index is 972. The lowest BCUT2D eigenvalue weighted by Gasteiger charge is -2.20. The van der Waals surface area contributed by atoms with Crippen molar-refractivity contribution in [3.63, 3.8) is 0 Å². The van der Waals surface area contributed by atoms with Crippen LogP contribution in [0.25, 0.3) is 11.3 Å². The standard InChI is InChI=1S/C20H17FN2O3S/c1-12(14-4-7-17-18(10-14)26-9-8-25-17)19(24)23-20-22-16(11-27-20)13-2-5-15(21)6-3-13/h2-7,10-12H,8-9H2,1H3,(H,22,23,24). The molecule has 1 N–H and O–H groups in total. The Kier molecular flexibility index (Phi) is 4.77. The van der Waals surface area contributed by atoms with Gasteiger partial charge in [-0.25, -0.2) is 9.37 Å². The van der Waals surface area contributed by atoms with E-state index in [2.05, 4.69) is 10.3 Å². The number of halogens is 1. The molecule has 0 spiro atoms. The number of fused-ring (bicyclic) bond motifs is 1. The minimum absolute atomic E-state index is 0.160. The average molecular weight is 384 g/mol. The molecule has 2 heterocycles. The topological polar surface area (TPSA) is 60.5 Å². The Morgan fingerprint density at radius 1 is 1.15 bits per heavy atom. The van der Waals surface area contributed by atoms with E-state index in [1.165, 1.54) is 23.5 Å². The second-order valence-electron chi connectivity index (χ2n) is 6.16. The van der Waals surface area contributed by atoms with Crippen molar-refractivity contribution in [1.29, 1.82) is 0 Å². The van der Waals surface area contributed by atoms with E-state index < -0.39 is 0 Å². The number of benzene rings is 2. The highest BCUT2D eigenvalue weighted by Crippen LogP contribution is 2.33. The first-order valence-corrected chi connectivity index (χ1v) is 9.40. The Hall–Kier alpha value is -2.93. The van der Waals surface area contributed by atoms with E-state index in [0.717, 1.165) is 11.1 Å². The van der Waals surface area contributed by atoms with Crippen molar-refractivity contribution in [3.05, 3.63) is 59.2 Å². The second kappa shape index (κ2) is 7.36. The molecule has 0 fully saturated rings. The molecule has 1 aliphatic heterocycles. The van der Waals surface area contributed by atoms with Gasteiger partial charge >= 0.3 is 0 Å². The summed E-state index contributed by atoms with van der Waals surface area (Å²) in [4.78, 5) is 17.0. The molecule has 1 atom stereocenters. The first-order chi connectivity index (χ1) is 13.1. The van der Waals surface area contributed by atoms with Gasteiger partial charge in [0.15, 0.2) is 16.6 Å². The van der Waals surface area contributed by atoms with E-state index in [-0.39, 0.29) is 17.6 Å². The molecule has 138 valence electrons. The molecule has 4 rings (SSSR count). The summed E-state index contributed by atoms with van der Waals surface area (Å²) in [5, 5.41) is 5.18. The second-order valence-corrected chi connectivity index (χ2v) is 7.02. The van der Waals surface area contributed by atoms with Gasteiger partial charge in [-0.2, -0.15) is 0 Å². The van der Waals surface area contributed by atoms with Gasteiger partial charge in [0.1, 0.15) is 19.0 Å². The number of thiazole rings is 1. The van der Waals surface area contributed by atoms with Crippen LogP contribution in [0.5, 0.6) is 11.5 Å². The summed E-state index contributed by atoms with van der Waals surface area (Å²) in [6.07, 6.45) is 0. The van der Waals surface area contributed by atoms with E-state index >= 15 is 0 Å². The molecule has 0 saturated carbocycles. The summed E-state index contributed by atoms with van der Waals surface area (Å²) >= 11 is 1.33. The van der Waals surface area contributed by atoms with Crippen molar-refractivity contribution in [1.82, 2.24) is 4.98 Å². The molecule has 0 aliphatic carbocycles. The van der Waals surface area contributed by atoms with E-state index in [4.69, 9.17) is 9.47 Å². The number of nitrogens with one attached hydrogen (secondary N) is 1. The van der Waals surface area contributed by atoms with E-state index in [1.807, 2.05) is 30.5 Å². The van der Waals surface area contributed by atoms with Crippen LogP contribution in [0, 0.1) is 5.82 Å². The maximum absolute atomic E-state index is 13.0. The van der Waals surface area contributed by atoms with Crippen molar-refractivity contribution in [2.24, 2.45) is 0 Å². The number of nitrogens with zero attached hydrogens (tertiary/aromatic N) is 1. The highest BCUT2D eigenvalue weighted by Gasteiger charge is 2.20. The molecule has 1 aromatic heterocycles. The summed E-state index contributed by atoms with van der Waals surface area (Å²) in [7, 11) is 0. The fraction of sp³-hybridized carbons (Fsp3) is 0.200. The van der Waals surface area contributed by atoms with Crippen LogP contribution in [0.3, 0.4) is 0 Å². The predicted octanol–water partition coefficient (Wildman–Crippen LogP) is 4.46. The van der Waals surface area contributed by atoms with Crippen LogP contribution in [0.2, 0.25) is 0 Å². The maximum atomic E-state index is 13.0. The first kappa shape index (κ1) is 17.5. The number of hydrogen-bond acceptors (Lipinski definition) is 5. The predicted molar refractivity (Wildman–Crippen MR) is 102 cm³/mol. The SMILES string of the molecule is CC(C(=O)Nc1nc(-c2ccc(F)cc2)cs1)c1ccc2c(c1)OCCO2. The van der Waals surface area contributed by atoms with Gasteiger partial charge in [0.2, 0.25) is 5.91 Å². The largest absolute Gasteiger partial charge is 0.486 e. The number of anilines is 1. The number of carbonyl (C=O) groups is 1. The highest BCUT2D eigenvalue weighted by molar-refractivity contribution is 7.14. The smallest absolute Gasteiger partial charge is 0.233 e. The third-order valence-corrected chi connectivity index (χ3v) is 5.09. The molecule has 1 aliphatic rings. The first-order valence-electron chi connectivity index (χ1n) is 8.52. The van der Waals surface area contributed by atoms with Crippen molar-refractivity contribution in [2.45, 2.75) is 12.8 Å². The van der Waals surface area contributed by atoms with Gasteiger partial charge in [-0.3, -0.25) is 4.79 Å². The van der Waals surface area contributed by atoms with Crippen LogP contribution >= 0.6 is 11.3 Å². The van der Waals surface area contributed by atoms with Gasteiger partial charge in [-0.05, 0) is 48.9 Å². The van der Waals surface area contributed by atoms with Crippen LogP contribution in [0.1, 0.15) is 18.4 Å². The van der Waals surface area contributed by atoms with Gasteiger partial charge in [0.05, 0.1) is 11.6 Å². The minimum Gasteiger partial charge on any atom is -0.486 e. The molecule has 2 aromatic carbocycles. The molecule has 7 heteroatoms. The van der Waals surface area contributed by atoms with Crippen molar-refractivity contribution >= 4 is 22.4 Å². The number of aromatic nitrogens is 1. The Morgan fingerprint density at radius 2 is 1.89 bits per heavy atom. The monoisotopic (exact) mass is 384 g/mol. The number of amides is 1. The van der Waals surface area contributed by atoms with Crippen LogP contribution in [0.4, 0.5) is 9.52 Å². The van der Waals surface area contributed by atoms with E-state index in [0.29, 0.717) is 35.5 Å². The van der Waals surface area contributed by atoms with Gasteiger partial charge in [-0.1, -0.05) is 6.07 Å². The van der Waals surface area contributed by atoms with Crippen molar-refractivity contribution in [2.75, 3.05) is 18.5 Å². The van der Waals surface area contributed by atoms with Gasteiger partial charge < -0.3 is 14.8 Å². The Balaban J connectivity index is 1.46. The zero-order chi connectivity index (χ0) is 18.8. The minimum atomic E-state index is -0.376. The van der Waals surface area contributed by atoms with Gasteiger partial charge in [0, 0.05) is 10.9 Å². The lowest BCUT2D eigenvalue weighted by Crippen LogP contribution is -2.20. The third kappa shape index (κ3) is 3.78. The number of carbonyl (C=O) groups excluding carboxylic acids is 1. The van der Waals surface area contributed by atoms with Crippen LogP contribution in [0.15, 0.2) is 47.8 Å². The zero-order valence-corrected chi connectivity index (χ0v) is 15.4. The summed E-state index contributed by atoms with van der Waals surface area (Å²) in [6.45, 7) is 2.86. The molecule has 1 amide bonds.